The van der Waals surface area contributed by atoms with E-state index in [2.05, 4.69) is 4.98 Å². The number of hydrogen-bond acceptors (Lipinski definition) is 4. The Morgan fingerprint density at radius 1 is 0.724 bits per heavy atom. The van der Waals surface area contributed by atoms with Gasteiger partial charge in [0.2, 0.25) is 0 Å². The molecule has 1 N–H and O–H groups in total. The van der Waals surface area contributed by atoms with Crippen molar-refractivity contribution in [2.75, 3.05) is 0 Å². The van der Waals surface area contributed by atoms with E-state index >= 15 is 0 Å². The number of hydrogen-bond donors (Lipinski definition) is 1. The number of aromatic nitrogens is 3. The minimum absolute atomic E-state index is 0.332. The summed E-state index contributed by atoms with van der Waals surface area (Å²) in [6, 6.07) is 22.6. The summed E-state index contributed by atoms with van der Waals surface area (Å²) in [6.07, 6.45) is 0. The van der Waals surface area contributed by atoms with E-state index in [1.807, 2.05) is 37.3 Å². The highest BCUT2D eigenvalue weighted by atomic mass is 16.5. The summed E-state index contributed by atoms with van der Waals surface area (Å²) in [6.45, 7) is 1.81. The molecule has 0 amide bonds. The predicted molar refractivity (Wildman–Crippen MR) is 110 cm³/mol. The first kappa shape index (κ1) is 18.2. The molecule has 0 aliphatic carbocycles. The van der Waals surface area contributed by atoms with Gasteiger partial charge in [0, 0.05) is 0 Å². The van der Waals surface area contributed by atoms with Crippen LogP contribution in [0.5, 0.6) is 11.5 Å². The second-order valence-corrected chi connectivity index (χ2v) is 6.39. The van der Waals surface area contributed by atoms with Gasteiger partial charge in [0.1, 0.15) is 11.5 Å². The molecule has 0 radical (unpaired) electrons. The first-order valence-corrected chi connectivity index (χ1v) is 8.92. The average molecular weight is 387 g/mol. The number of rotatable bonds is 4. The third-order valence-corrected chi connectivity index (χ3v) is 4.40. The highest BCUT2D eigenvalue weighted by Gasteiger charge is 2.14. The average Bonchev–Trinajstić information content (AvgIpc) is 2.71. The van der Waals surface area contributed by atoms with Crippen molar-refractivity contribution in [1.29, 1.82) is 0 Å². The van der Waals surface area contributed by atoms with Crippen molar-refractivity contribution in [3.63, 3.8) is 0 Å². The van der Waals surface area contributed by atoms with Crippen LogP contribution in [0.15, 0.2) is 93.2 Å². The molecule has 0 bridgehead atoms. The topological polar surface area (TPSA) is 86.1 Å². The zero-order valence-electron chi connectivity index (χ0n) is 15.5. The van der Waals surface area contributed by atoms with E-state index in [0.29, 0.717) is 22.9 Å². The van der Waals surface area contributed by atoms with Crippen LogP contribution in [-0.2, 0) is 0 Å². The van der Waals surface area contributed by atoms with Gasteiger partial charge in [0.25, 0.3) is 0 Å². The van der Waals surface area contributed by atoms with E-state index in [9.17, 15) is 14.4 Å². The van der Waals surface area contributed by atoms with Crippen molar-refractivity contribution in [1.82, 2.24) is 14.1 Å². The predicted octanol–water partition coefficient (Wildman–Crippen LogP) is 2.78. The summed E-state index contributed by atoms with van der Waals surface area (Å²) in [5.74, 6) is 1.27. The number of H-pyrrole nitrogens is 1. The highest BCUT2D eigenvalue weighted by molar-refractivity contribution is 5.45. The van der Waals surface area contributed by atoms with E-state index in [0.717, 1.165) is 14.7 Å². The molecule has 0 unspecified atom stereocenters. The zero-order valence-corrected chi connectivity index (χ0v) is 15.5. The monoisotopic (exact) mass is 387 g/mol. The molecule has 0 aliphatic heterocycles. The first-order valence-electron chi connectivity index (χ1n) is 8.92. The van der Waals surface area contributed by atoms with Gasteiger partial charge in [-0.15, -0.1) is 0 Å². The van der Waals surface area contributed by atoms with Gasteiger partial charge in [-0.25, -0.2) is 23.5 Å². The van der Waals surface area contributed by atoms with Crippen molar-refractivity contribution in [3.05, 3.63) is 116 Å². The van der Waals surface area contributed by atoms with Crippen LogP contribution >= 0.6 is 0 Å². The van der Waals surface area contributed by atoms with Crippen molar-refractivity contribution >= 4 is 0 Å². The van der Waals surface area contributed by atoms with E-state index in [-0.39, 0.29) is 0 Å². The Labute approximate surface area is 165 Å². The van der Waals surface area contributed by atoms with Crippen LogP contribution in [0.4, 0.5) is 0 Å². The summed E-state index contributed by atoms with van der Waals surface area (Å²) in [7, 11) is 0. The third kappa shape index (κ3) is 3.53. The summed E-state index contributed by atoms with van der Waals surface area (Å²) >= 11 is 0. The third-order valence-electron chi connectivity index (χ3n) is 4.40. The maximum absolute atomic E-state index is 13.0. The van der Waals surface area contributed by atoms with Gasteiger partial charge < -0.3 is 4.74 Å². The van der Waals surface area contributed by atoms with Gasteiger partial charge in [0.05, 0.1) is 11.4 Å². The van der Waals surface area contributed by atoms with Gasteiger partial charge >= 0.3 is 17.1 Å². The standard InChI is InChI=1S/C22H17N3O4/c1-15-14-17(12-13-19(15)29-18-10-6-3-7-11-18)25-21(27)23-20(26)24(22(25)28)16-8-4-2-5-9-16/h2-14H,1H3,(H,23,26,27). The van der Waals surface area contributed by atoms with Gasteiger partial charge in [0.15, 0.2) is 0 Å². The fourth-order valence-corrected chi connectivity index (χ4v) is 3.01. The summed E-state index contributed by atoms with van der Waals surface area (Å²) in [5.41, 5.74) is -0.908. The minimum Gasteiger partial charge on any atom is -0.457 e. The maximum atomic E-state index is 13.0. The van der Waals surface area contributed by atoms with Crippen LogP contribution < -0.4 is 21.8 Å². The molecule has 0 saturated heterocycles. The molecule has 1 heterocycles. The number of ether oxygens (including phenoxy) is 1. The molecule has 1 aromatic heterocycles. The number of nitrogens with one attached hydrogen (secondary N) is 1. The molecule has 4 rings (SSSR count). The van der Waals surface area contributed by atoms with Crippen LogP contribution in [0.25, 0.3) is 11.4 Å². The molecule has 0 fully saturated rings. The van der Waals surface area contributed by atoms with Gasteiger partial charge in [-0.2, -0.15) is 0 Å². The largest absolute Gasteiger partial charge is 0.457 e. The molecule has 3 aromatic carbocycles. The van der Waals surface area contributed by atoms with Gasteiger partial charge in [-0.3, -0.25) is 4.98 Å². The molecular weight excluding hydrogens is 370 g/mol. The lowest BCUT2D eigenvalue weighted by atomic mass is 10.2. The Bertz CT molecular complexity index is 1340. The minimum atomic E-state index is -0.802. The molecule has 7 nitrogen and oxygen atoms in total. The molecule has 144 valence electrons. The molecule has 0 spiro atoms. The molecule has 0 saturated carbocycles. The number of nitrogens with zero attached hydrogens (tertiary/aromatic N) is 2. The Balaban J connectivity index is 1.81. The number of benzene rings is 3. The zero-order chi connectivity index (χ0) is 20.4. The molecule has 0 aliphatic rings. The van der Waals surface area contributed by atoms with Crippen LogP contribution in [0.1, 0.15) is 5.56 Å². The second kappa shape index (κ2) is 7.47. The Morgan fingerprint density at radius 2 is 1.31 bits per heavy atom. The van der Waals surface area contributed by atoms with Crippen molar-refractivity contribution in [2.24, 2.45) is 0 Å². The lowest BCUT2D eigenvalue weighted by Gasteiger charge is -2.12. The van der Waals surface area contributed by atoms with Crippen molar-refractivity contribution in [3.8, 4) is 22.9 Å². The fourth-order valence-electron chi connectivity index (χ4n) is 3.01. The lowest BCUT2D eigenvalue weighted by molar-refractivity contribution is 0.478. The van der Waals surface area contributed by atoms with E-state index in [1.165, 1.54) is 0 Å². The number of para-hydroxylation sites is 2. The summed E-state index contributed by atoms with van der Waals surface area (Å²) in [5, 5.41) is 0. The Kier molecular flexibility index (Phi) is 4.70. The lowest BCUT2D eigenvalue weighted by Crippen LogP contribution is -2.48. The van der Waals surface area contributed by atoms with Crippen molar-refractivity contribution in [2.45, 2.75) is 6.92 Å². The van der Waals surface area contributed by atoms with Crippen LogP contribution in [0.2, 0.25) is 0 Å². The van der Waals surface area contributed by atoms with Gasteiger partial charge in [-0.1, -0.05) is 36.4 Å². The normalized spacial score (nSPS) is 10.7. The van der Waals surface area contributed by atoms with E-state index < -0.39 is 17.1 Å². The van der Waals surface area contributed by atoms with E-state index in [1.54, 1.807) is 48.5 Å². The van der Waals surface area contributed by atoms with Crippen LogP contribution in [0, 0.1) is 6.92 Å². The molecule has 7 heteroatoms. The van der Waals surface area contributed by atoms with Gasteiger partial charge in [-0.05, 0) is 55.0 Å². The molecular formula is C22H17N3O4. The molecule has 0 atom stereocenters. The van der Waals surface area contributed by atoms with E-state index in [4.69, 9.17) is 4.74 Å². The quantitative estimate of drug-likeness (QED) is 0.583. The Morgan fingerprint density at radius 3 is 1.93 bits per heavy atom. The smallest absolute Gasteiger partial charge is 0.345 e. The molecule has 29 heavy (non-hydrogen) atoms. The highest BCUT2D eigenvalue weighted by Crippen LogP contribution is 2.26. The summed E-state index contributed by atoms with van der Waals surface area (Å²) < 4.78 is 7.69. The second-order valence-electron chi connectivity index (χ2n) is 6.39. The van der Waals surface area contributed by atoms with Crippen LogP contribution in [0.3, 0.4) is 0 Å². The fraction of sp³-hybridized carbons (Fsp3) is 0.0455. The SMILES string of the molecule is Cc1cc(-n2c(=O)[nH]c(=O)n(-c3ccccc3)c2=O)ccc1Oc1ccccc1. The number of aryl methyl sites for hydroxylation is 1. The maximum Gasteiger partial charge on any atom is 0.345 e. The van der Waals surface area contributed by atoms with Crippen molar-refractivity contribution < 1.29 is 4.74 Å². The van der Waals surface area contributed by atoms with Crippen LogP contribution in [-0.4, -0.2) is 14.1 Å². The first-order chi connectivity index (χ1) is 14.0. The summed E-state index contributed by atoms with van der Waals surface area (Å²) in [4.78, 5) is 39.8. The number of aromatic amines is 1. The molecule has 4 aromatic rings. The Hall–Kier alpha value is -4.13.